The Kier molecular flexibility index (Phi) is 15.2. The number of carbonyl (C=O) groups is 4. The number of nitrogens with one attached hydrogen (secondary N) is 2. The van der Waals surface area contributed by atoms with Gasteiger partial charge in [-0.2, -0.15) is 0 Å². The van der Waals surface area contributed by atoms with E-state index in [0.717, 1.165) is 0 Å². The number of rotatable bonds is 16. The number of amides is 2. The van der Waals surface area contributed by atoms with Gasteiger partial charge in [-0.3, -0.25) is 14.4 Å². The molecule has 0 fully saturated rings. The van der Waals surface area contributed by atoms with Crippen LogP contribution in [0.2, 0.25) is 0 Å². The first-order valence-electron chi connectivity index (χ1n) is 10.5. The minimum Gasteiger partial charge on any atom is -0.460 e. The molecule has 12 heteroatoms. The van der Waals surface area contributed by atoms with Gasteiger partial charge in [-0.25, -0.2) is 4.79 Å². The Balaban J connectivity index is 4.33. The third-order valence-corrected chi connectivity index (χ3v) is 4.40. The van der Waals surface area contributed by atoms with Crippen molar-refractivity contribution in [2.45, 2.75) is 70.2 Å². The smallest absolute Gasteiger partial charge is 0.328 e. The van der Waals surface area contributed by atoms with Crippen LogP contribution in [0.15, 0.2) is 0 Å². The Morgan fingerprint density at radius 3 is 2.00 bits per heavy atom. The van der Waals surface area contributed by atoms with Gasteiger partial charge < -0.3 is 43.0 Å². The fourth-order valence-electron chi connectivity index (χ4n) is 2.37. The van der Waals surface area contributed by atoms with Crippen LogP contribution in [0.5, 0.6) is 0 Å². The van der Waals surface area contributed by atoms with Gasteiger partial charge in [0, 0.05) is 0 Å². The number of carbonyl (C=O) groups excluding carboxylic acids is 4. The van der Waals surface area contributed by atoms with Crippen LogP contribution in [0, 0.1) is 0 Å². The molecule has 0 aromatic heterocycles. The Morgan fingerprint density at radius 2 is 1.48 bits per heavy atom. The van der Waals surface area contributed by atoms with E-state index in [0.29, 0.717) is 45.2 Å². The van der Waals surface area contributed by atoms with Crippen LogP contribution in [-0.4, -0.2) is 74.2 Å². The molecular formula is C19H38N6O6. The van der Waals surface area contributed by atoms with Crippen molar-refractivity contribution >= 4 is 23.8 Å². The SMILES string of the molecule is CC[C@@H](COC(=O)C(C)NC(=O)C(N)CCCN)OC(=O)CNC(=O)C(N)CCCN. The van der Waals surface area contributed by atoms with E-state index in [2.05, 4.69) is 10.6 Å². The van der Waals surface area contributed by atoms with E-state index >= 15 is 0 Å². The highest BCUT2D eigenvalue weighted by molar-refractivity contribution is 5.87. The maximum absolute atomic E-state index is 12.1. The van der Waals surface area contributed by atoms with Crippen molar-refractivity contribution in [1.82, 2.24) is 10.6 Å². The molecule has 10 N–H and O–H groups in total. The second-order valence-corrected chi connectivity index (χ2v) is 7.17. The number of hydrogen-bond acceptors (Lipinski definition) is 10. The Morgan fingerprint density at radius 1 is 0.935 bits per heavy atom. The monoisotopic (exact) mass is 446 g/mol. The van der Waals surface area contributed by atoms with E-state index in [1.54, 1.807) is 6.92 Å². The van der Waals surface area contributed by atoms with Crippen molar-refractivity contribution in [2.75, 3.05) is 26.2 Å². The molecule has 4 atom stereocenters. The van der Waals surface area contributed by atoms with Crippen LogP contribution in [-0.2, 0) is 28.7 Å². The highest BCUT2D eigenvalue weighted by atomic mass is 16.6. The summed E-state index contributed by atoms with van der Waals surface area (Å²) in [6.45, 7) is 3.50. The third kappa shape index (κ3) is 12.9. The molecule has 0 saturated carbocycles. The number of hydrogen-bond donors (Lipinski definition) is 6. The maximum atomic E-state index is 12.1. The van der Waals surface area contributed by atoms with Crippen molar-refractivity contribution in [3.63, 3.8) is 0 Å². The standard InChI is InChI=1S/C19H38N6O6/c1-3-13(31-16(26)10-24-17(27)14(22)6-4-8-20)11-30-19(29)12(2)25-18(28)15(23)7-5-9-21/h12-15H,3-11,20-23H2,1-2H3,(H,24,27)(H,25,28)/t12?,13-,14?,15?/m0/s1. The number of esters is 2. The predicted molar refractivity (Wildman–Crippen MR) is 114 cm³/mol. The molecule has 0 radical (unpaired) electrons. The van der Waals surface area contributed by atoms with Crippen molar-refractivity contribution in [3.05, 3.63) is 0 Å². The zero-order chi connectivity index (χ0) is 23.8. The van der Waals surface area contributed by atoms with Gasteiger partial charge >= 0.3 is 11.9 Å². The number of nitrogens with two attached hydrogens (primary N) is 4. The van der Waals surface area contributed by atoms with Crippen LogP contribution in [0.3, 0.4) is 0 Å². The molecular weight excluding hydrogens is 408 g/mol. The van der Waals surface area contributed by atoms with Gasteiger partial charge in [0.25, 0.3) is 0 Å². The van der Waals surface area contributed by atoms with Gasteiger partial charge in [-0.1, -0.05) is 6.92 Å². The van der Waals surface area contributed by atoms with Crippen molar-refractivity contribution in [1.29, 1.82) is 0 Å². The minimum atomic E-state index is -0.918. The minimum absolute atomic E-state index is 0.190. The normalized spacial score (nSPS) is 14.6. The molecule has 12 nitrogen and oxygen atoms in total. The Labute approximate surface area is 183 Å². The molecule has 0 aliphatic heterocycles. The summed E-state index contributed by atoms with van der Waals surface area (Å²) in [6, 6.07) is -2.43. The van der Waals surface area contributed by atoms with Gasteiger partial charge in [0.2, 0.25) is 11.8 Å². The molecule has 2 amide bonds. The third-order valence-electron chi connectivity index (χ3n) is 4.40. The summed E-state index contributed by atoms with van der Waals surface area (Å²) >= 11 is 0. The Hall–Kier alpha value is -2.28. The predicted octanol–water partition coefficient (Wildman–Crippen LogP) is -2.40. The molecule has 0 aromatic rings. The molecule has 0 saturated heterocycles. The van der Waals surface area contributed by atoms with Crippen LogP contribution in [0.25, 0.3) is 0 Å². The molecule has 0 spiro atoms. The summed E-state index contributed by atoms with van der Waals surface area (Å²) in [5.41, 5.74) is 22.1. The van der Waals surface area contributed by atoms with E-state index in [-0.39, 0.29) is 13.2 Å². The molecule has 0 bridgehead atoms. The number of ether oxygens (including phenoxy) is 2. The molecule has 0 aliphatic carbocycles. The summed E-state index contributed by atoms with van der Waals surface area (Å²) in [5, 5.41) is 4.87. The zero-order valence-electron chi connectivity index (χ0n) is 18.4. The first kappa shape index (κ1) is 28.7. The van der Waals surface area contributed by atoms with Gasteiger partial charge in [-0.15, -0.1) is 0 Å². The zero-order valence-corrected chi connectivity index (χ0v) is 18.4. The lowest BCUT2D eigenvalue weighted by Crippen LogP contribution is -2.48. The average molecular weight is 447 g/mol. The fourth-order valence-corrected chi connectivity index (χ4v) is 2.37. The fraction of sp³-hybridized carbons (Fsp3) is 0.789. The first-order valence-corrected chi connectivity index (χ1v) is 10.5. The first-order chi connectivity index (χ1) is 14.7. The Bertz CT molecular complexity index is 576. The molecule has 180 valence electrons. The largest absolute Gasteiger partial charge is 0.460 e. The quantitative estimate of drug-likeness (QED) is 0.138. The molecule has 0 rings (SSSR count). The second-order valence-electron chi connectivity index (χ2n) is 7.17. The highest BCUT2D eigenvalue weighted by Gasteiger charge is 2.23. The van der Waals surface area contributed by atoms with Gasteiger partial charge in [-0.05, 0) is 52.1 Å². The topological polar surface area (TPSA) is 215 Å². The molecule has 31 heavy (non-hydrogen) atoms. The second kappa shape index (κ2) is 16.4. The van der Waals surface area contributed by atoms with Gasteiger partial charge in [0.1, 0.15) is 25.3 Å². The molecule has 0 aromatic carbocycles. The maximum Gasteiger partial charge on any atom is 0.328 e. The summed E-state index contributed by atoms with van der Waals surface area (Å²) in [4.78, 5) is 47.7. The van der Waals surface area contributed by atoms with Crippen LogP contribution < -0.4 is 33.6 Å². The van der Waals surface area contributed by atoms with Crippen molar-refractivity contribution in [2.24, 2.45) is 22.9 Å². The molecule has 0 heterocycles. The van der Waals surface area contributed by atoms with Crippen molar-refractivity contribution < 1.29 is 28.7 Å². The van der Waals surface area contributed by atoms with E-state index in [1.807, 2.05) is 0 Å². The highest BCUT2D eigenvalue weighted by Crippen LogP contribution is 2.02. The summed E-state index contributed by atoms with van der Waals surface area (Å²) in [7, 11) is 0. The van der Waals surface area contributed by atoms with Crippen LogP contribution in [0.4, 0.5) is 0 Å². The summed E-state index contributed by atoms with van der Waals surface area (Å²) in [5.74, 6) is -2.32. The van der Waals surface area contributed by atoms with E-state index in [9.17, 15) is 19.2 Å². The average Bonchev–Trinajstić information content (AvgIpc) is 2.76. The summed E-state index contributed by atoms with van der Waals surface area (Å²) < 4.78 is 10.3. The lowest BCUT2D eigenvalue weighted by molar-refractivity contribution is -0.160. The van der Waals surface area contributed by atoms with Crippen LogP contribution >= 0.6 is 0 Å². The lowest BCUT2D eigenvalue weighted by Gasteiger charge is -2.20. The lowest BCUT2D eigenvalue weighted by atomic mass is 10.1. The summed E-state index contributed by atoms with van der Waals surface area (Å²) in [6.07, 6.45) is 1.70. The van der Waals surface area contributed by atoms with Gasteiger partial charge in [0.15, 0.2) is 0 Å². The van der Waals surface area contributed by atoms with Crippen LogP contribution in [0.1, 0.15) is 46.0 Å². The van der Waals surface area contributed by atoms with E-state index in [1.165, 1.54) is 6.92 Å². The van der Waals surface area contributed by atoms with E-state index < -0.39 is 48.0 Å². The molecule has 0 aliphatic rings. The van der Waals surface area contributed by atoms with Gasteiger partial charge in [0.05, 0.1) is 12.1 Å². The van der Waals surface area contributed by atoms with E-state index in [4.69, 9.17) is 32.4 Å². The van der Waals surface area contributed by atoms with Crippen molar-refractivity contribution in [3.8, 4) is 0 Å². The molecule has 3 unspecified atom stereocenters.